The van der Waals surface area contributed by atoms with E-state index in [0.717, 1.165) is 6.42 Å². The van der Waals surface area contributed by atoms with Gasteiger partial charge in [0.05, 0.1) is 6.10 Å². The van der Waals surface area contributed by atoms with Gasteiger partial charge in [-0.3, -0.25) is 4.79 Å². The molecule has 0 aromatic carbocycles. The second kappa shape index (κ2) is 9.83. The van der Waals surface area contributed by atoms with Crippen molar-refractivity contribution in [2.24, 2.45) is 11.8 Å². The van der Waals surface area contributed by atoms with Crippen LogP contribution in [-0.2, 0) is 9.53 Å². The molecule has 0 spiro atoms. The number of aliphatic hydroxyl groups is 2. The summed E-state index contributed by atoms with van der Waals surface area (Å²) < 4.78 is 35.1. The van der Waals surface area contributed by atoms with E-state index in [0.29, 0.717) is 19.3 Å². The molecule has 160 valence electrons. The minimum atomic E-state index is -1.77. The summed E-state index contributed by atoms with van der Waals surface area (Å²) in [6.45, 7) is 3.29. The largest absolute Gasteiger partial charge is 0.491 e. The van der Waals surface area contributed by atoms with E-state index in [2.05, 4.69) is 0 Å². The lowest BCUT2D eigenvalue weighted by Crippen LogP contribution is -2.33. The SMILES string of the molecule is CCCCC(C)(F)[C@H](O)C=C[C@@H]1[C@H]2[C@H](F)C(=CCCCC(=O)O)O[C@@H]2C[C@H]1O. The Labute approximate surface area is 165 Å². The molecule has 0 bridgehead atoms. The number of ether oxygens (including phenoxy) is 1. The fraction of sp³-hybridized carbons (Fsp3) is 0.762. The van der Waals surface area contributed by atoms with Crippen molar-refractivity contribution in [3.05, 3.63) is 24.0 Å². The van der Waals surface area contributed by atoms with Gasteiger partial charge in [0.15, 0.2) is 6.17 Å². The van der Waals surface area contributed by atoms with E-state index in [4.69, 9.17) is 9.84 Å². The van der Waals surface area contributed by atoms with E-state index in [9.17, 15) is 23.8 Å². The molecule has 28 heavy (non-hydrogen) atoms. The lowest BCUT2D eigenvalue weighted by molar-refractivity contribution is -0.137. The molecule has 0 radical (unpaired) electrons. The van der Waals surface area contributed by atoms with E-state index < -0.39 is 48.0 Å². The van der Waals surface area contributed by atoms with Crippen molar-refractivity contribution in [1.82, 2.24) is 0 Å². The highest BCUT2D eigenvalue weighted by molar-refractivity contribution is 5.66. The molecule has 1 saturated carbocycles. The van der Waals surface area contributed by atoms with Crippen LogP contribution < -0.4 is 0 Å². The second-order valence-electron chi connectivity index (χ2n) is 8.12. The van der Waals surface area contributed by atoms with Crippen molar-refractivity contribution in [2.45, 2.75) is 88.9 Å². The van der Waals surface area contributed by atoms with Gasteiger partial charge in [-0.15, -0.1) is 0 Å². The number of alkyl halides is 2. The number of carbonyl (C=O) groups is 1. The van der Waals surface area contributed by atoms with Gasteiger partial charge in [-0.2, -0.15) is 0 Å². The lowest BCUT2D eigenvalue weighted by Gasteiger charge is -2.25. The van der Waals surface area contributed by atoms with Gasteiger partial charge in [0.1, 0.15) is 23.6 Å². The molecule has 1 saturated heterocycles. The van der Waals surface area contributed by atoms with E-state index >= 15 is 0 Å². The third-order valence-electron chi connectivity index (χ3n) is 5.78. The molecule has 7 atom stereocenters. The van der Waals surface area contributed by atoms with Gasteiger partial charge < -0.3 is 20.1 Å². The number of unbranched alkanes of at least 4 members (excludes halogenated alkanes) is 2. The first-order valence-corrected chi connectivity index (χ1v) is 10.1. The summed E-state index contributed by atoms with van der Waals surface area (Å²) in [5, 5.41) is 29.1. The average Bonchev–Trinajstić information content (AvgIpc) is 3.09. The van der Waals surface area contributed by atoms with Crippen LogP contribution in [0.15, 0.2) is 24.0 Å². The number of aliphatic hydroxyl groups excluding tert-OH is 2. The Morgan fingerprint density at radius 1 is 1.43 bits per heavy atom. The molecule has 0 aromatic rings. The molecule has 7 heteroatoms. The average molecular weight is 402 g/mol. The highest BCUT2D eigenvalue weighted by atomic mass is 19.1. The fourth-order valence-corrected chi connectivity index (χ4v) is 4.02. The Morgan fingerprint density at radius 2 is 2.14 bits per heavy atom. The van der Waals surface area contributed by atoms with Gasteiger partial charge in [0.2, 0.25) is 0 Å². The third-order valence-corrected chi connectivity index (χ3v) is 5.78. The van der Waals surface area contributed by atoms with Crippen molar-refractivity contribution in [3.63, 3.8) is 0 Å². The Morgan fingerprint density at radius 3 is 2.79 bits per heavy atom. The lowest BCUT2D eigenvalue weighted by atomic mass is 9.87. The summed E-state index contributed by atoms with van der Waals surface area (Å²) in [4.78, 5) is 10.5. The minimum Gasteiger partial charge on any atom is -0.491 e. The molecule has 2 rings (SSSR count). The smallest absolute Gasteiger partial charge is 0.303 e. The first-order valence-electron chi connectivity index (χ1n) is 10.1. The zero-order valence-corrected chi connectivity index (χ0v) is 16.6. The number of hydrogen-bond acceptors (Lipinski definition) is 4. The summed E-state index contributed by atoms with van der Waals surface area (Å²) in [5.74, 6) is -1.87. The summed E-state index contributed by atoms with van der Waals surface area (Å²) in [6.07, 6.45) is 3.20. The predicted molar refractivity (Wildman–Crippen MR) is 101 cm³/mol. The molecule has 1 heterocycles. The summed E-state index contributed by atoms with van der Waals surface area (Å²) in [5.41, 5.74) is -1.77. The van der Waals surface area contributed by atoms with Gasteiger partial charge in [-0.1, -0.05) is 31.9 Å². The van der Waals surface area contributed by atoms with E-state index in [1.54, 1.807) is 6.08 Å². The van der Waals surface area contributed by atoms with E-state index in [1.165, 1.54) is 19.1 Å². The number of rotatable bonds is 10. The van der Waals surface area contributed by atoms with Gasteiger partial charge >= 0.3 is 5.97 Å². The maximum Gasteiger partial charge on any atom is 0.303 e. The highest BCUT2D eigenvalue weighted by Crippen LogP contribution is 2.47. The quantitative estimate of drug-likeness (QED) is 0.383. The zero-order valence-electron chi connectivity index (χ0n) is 16.6. The summed E-state index contributed by atoms with van der Waals surface area (Å²) >= 11 is 0. The van der Waals surface area contributed by atoms with E-state index in [1.807, 2.05) is 6.92 Å². The number of halogens is 2. The standard InChI is InChI=1S/C21H32F2O5/c1-3-4-11-21(2,23)17(25)10-9-13-14(24)12-16-19(13)20(22)15(28-16)7-5-6-8-18(26)27/h7,9-10,13-14,16-17,19-20,24-25H,3-6,8,11-12H2,1-2H3,(H,26,27)/t13-,14+,16+,17+,19+,20+,21?/m0/s1. The predicted octanol–water partition coefficient (Wildman–Crippen LogP) is 3.69. The summed E-state index contributed by atoms with van der Waals surface area (Å²) in [6, 6.07) is 0. The van der Waals surface area contributed by atoms with Crippen LogP contribution in [0, 0.1) is 11.8 Å². The fourth-order valence-electron chi connectivity index (χ4n) is 4.02. The maximum absolute atomic E-state index is 14.9. The molecular formula is C21H32F2O5. The van der Waals surface area contributed by atoms with Crippen molar-refractivity contribution < 1.29 is 33.6 Å². The second-order valence-corrected chi connectivity index (χ2v) is 8.12. The normalized spacial score (nSPS) is 34.4. The van der Waals surface area contributed by atoms with Crippen LogP contribution in [0.2, 0.25) is 0 Å². The Balaban J connectivity index is 2.00. The van der Waals surface area contributed by atoms with Gasteiger partial charge in [0, 0.05) is 24.7 Å². The topological polar surface area (TPSA) is 87.0 Å². The molecule has 2 fully saturated rings. The van der Waals surface area contributed by atoms with Crippen molar-refractivity contribution in [1.29, 1.82) is 0 Å². The number of fused-ring (bicyclic) bond motifs is 1. The van der Waals surface area contributed by atoms with Crippen LogP contribution >= 0.6 is 0 Å². The van der Waals surface area contributed by atoms with Crippen molar-refractivity contribution in [2.75, 3.05) is 0 Å². The maximum atomic E-state index is 14.9. The molecule has 2 aliphatic rings. The molecule has 1 aliphatic heterocycles. The molecule has 1 unspecified atom stereocenters. The van der Waals surface area contributed by atoms with Crippen molar-refractivity contribution in [3.8, 4) is 0 Å². The minimum absolute atomic E-state index is 0.00951. The number of carboxylic acids is 1. The first kappa shape index (κ1) is 22.8. The molecule has 3 N–H and O–H groups in total. The number of hydrogen-bond donors (Lipinski definition) is 3. The van der Waals surface area contributed by atoms with Crippen LogP contribution in [0.4, 0.5) is 8.78 Å². The van der Waals surface area contributed by atoms with Crippen LogP contribution in [0.5, 0.6) is 0 Å². The third kappa shape index (κ3) is 5.54. The van der Waals surface area contributed by atoms with Gasteiger partial charge in [-0.05, 0) is 32.3 Å². The Bertz CT molecular complexity index is 589. The molecule has 0 amide bonds. The van der Waals surface area contributed by atoms with Crippen LogP contribution in [0.1, 0.15) is 58.8 Å². The monoisotopic (exact) mass is 402 g/mol. The first-order chi connectivity index (χ1) is 13.2. The number of carboxylic acid groups (broad SMARTS) is 1. The Hall–Kier alpha value is -1.47. The molecular weight excluding hydrogens is 370 g/mol. The van der Waals surface area contributed by atoms with Crippen molar-refractivity contribution >= 4 is 5.97 Å². The van der Waals surface area contributed by atoms with Crippen LogP contribution in [0.3, 0.4) is 0 Å². The zero-order chi connectivity index (χ0) is 20.9. The van der Waals surface area contributed by atoms with Gasteiger partial charge in [0.25, 0.3) is 0 Å². The summed E-state index contributed by atoms with van der Waals surface area (Å²) in [7, 11) is 0. The number of allylic oxidation sites excluding steroid dienone is 2. The highest BCUT2D eigenvalue weighted by Gasteiger charge is 2.53. The molecule has 0 aromatic heterocycles. The van der Waals surface area contributed by atoms with E-state index in [-0.39, 0.29) is 25.0 Å². The molecule has 1 aliphatic carbocycles. The number of aliphatic carboxylic acids is 1. The van der Waals surface area contributed by atoms with Crippen LogP contribution in [-0.4, -0.2) is 51.4 Å². The Kier molecular flexibility index (Phi) is 8.01. The molecule has 5 nitrogen and oxygen atoms in total. The van der Waals surface area contributed by atoms with Gasteiger partial charge in [-0.25, -0.2) is 8.78 Å². The van der Waals surface area contributed by atoms with Crippen LogP contribution in [0.25, 0.3) is 0 Å².